The standard InChI is InChI=1S/C87H66N4OSi.Pt/c1-58-50-83(88-56-77(58)60-28-13-7-14-29-60)91-80-47-45-67(93(64-32-15-8-16-33-64,65-34-17-9-18-35-65)66-36-19-10-20-37-66)53-76(80)71-46-44-63(52-82(71)91)92-62-31-23-30-61(51-62)89-57-90-84-68(59-26-11-6-12-27-59)40-24-41-73(84)75-55-79-78(86(2,3)48-49-87(79,4)5)54-74(75)70-39-22-21-38-69(70)72-42-25-43-81(89)85(72)90;/h6-47,50,53-56H,48-49H2,1-5H3;/q-2;/i1D3,6D,7D,11D,12D,13D,14D,26D,27D,28D,29D;. The SMILES string of the molecule is [2H]c1c([2H])c([2H])c(-c2cnc(-n3c4[c-]c(Oc5[c-]c(-n6[c-][n+]7c8c(cccc86)-c6ccccc6-c6cc8c(cc6-c6cccc(-c9c([2H])c([2H])c([2H])c([2H])c9[2H])c6-7)C(C)(C)CCC8(C)C)ccc5)ccc4c4cc([Si](c5ccccc5)(c5ccccc5)c5ccccc5)ccc43)cc2C([2H])([2H])[2H])c([2H])c1[2H].[Pt]. The Morgan fingerprint density at radius 3 is 1.69 bits per heavy atom. The molecule has 4 heterocycles. The van der Waals surface area contributed by atoms with E-state index in [9.17, 15) is 2.74 Å². The summed E-state index contributed by atoms with van der Waals surface area (Å²) in [7, 11) is -3.15. The molecule has 456 valence electrons. The van der Waals surface area contributed by atoms with Gasteiger partial charge in [0.1, 0.15) is 5.82 Å². The molecule has 0 bridgehead atoms. The summed E-state index contributed by atoms with van der Waals surface area (Å²) in [6.07, 6.45) is 7.02. The summed E-state index contributed by atoms with van der Waals surface area (Å²) < 4.78 is 129. The van der Waals surface area contributed by atoms with Gasteiger partial charge in [0, 0.05) is 54.0 Å². The van der Waals surface area contributed by atoms with E-state index in [0.29, 0.717) is 39.2 Å². The summed E-state index contributed by atoms with van der Waals surface area (Å²) in [5.41, 5.74) is 11.1. The first-order chi connectivity index (χ1) is 50.9. The molecule has 94 heavy (non-hydrogen) atoms. The monoisotopic (exact) mass is 1420 g/mol. The molecular formula is C87H66N4OPtSi-2. The summed E-state index contributed by atoms with van der Waals surface area (Å²) in [6, 6.07) is 76.0. The molecule has 0 saturated heterocycles. The Bertz CT molecular complexity index is 6040. The van der Waals surface area contributed by atoms with Crippen LogP contribution in [0.25, 0.3) is 106 Å². The number of fused-ring (bicyclic) bond motifs is 11. The molecule has 0 atom stereocenters. The first kappa shape index (κ1) is 45.9. The van der Waals surface area contributed by atoms with Gasteiger partial charge in [-0.15, -0.1) is 29.7 Å². The maximum atomic E-state index is 9.53. The first-order valence-electron chi connectivity index (χ1n) is 37.8. The number of aryl methyl sites for hydroxylation is 1. The number of nitrogens with zero attached hydrogens (tertiary/aromatic N) is 4. The fourth-order valence-electron chi connectivity index (χ4n) is 14.7. The van der Waals surface area contributed by atoms with E-state index >= 15 is 0 Å². The zero-order valence-electron chi connectivity index (χ0n) is 64.8. The molecule has 2 aliphatic rings. The van der Waals surface area contributed by atoms with Crippen LogP contribution in [0.1, 0.15) is 75.0 Å². The summed E-state index contributed by atoms with van der Waals surface area (Å²) in [6.45, 7) is 6.37. The molecule has 5 nitrogen and oxygen atoms in total. The number of ether oxygens (including phenoxy) is 1. The third-order valence-electron chi connectivity index (χ3n) is 19.3. The average Bonchev–Trinajstić information content (AvgIpc) is 1.55. The van der Waals surface area contributed by atoms with Crippen LogP contribution in [0, 0.1) is 25.3 Å². The predicted octanol–water partition coefficient (Wildman–Crippen LogP) is 18.3. The van der Waals surface area contributed by atoms with Crippen LogP contribution in [0.2, 0.25) is 0 Å². The first-order valence-corrected chi connectivity index (χ1v) is 33.3. The van der Waals surface area contributed by atoms with E-state index in [1.165, 1.54) is 23.4 Å². The zero-order chi connectivity index (χ0) is 73.8. The molecule has 3 aromatic heterocycles. The van der Waals surface area contributed by atoms with Crippen LogP contribution in [0.3, 0.4) is 0 Å². The fraction of sp³-hybridized carbons (Fsp3) is 0.103. The van der Waals surface area contributed by atoms with Gasteiger partial charge in [-0.2, -0.15) is 18.2 Å². The van der Waals surface area contributed by atoms with Crippen molar-refractivity contribution >= 4 is 61.7 Å². The number of para-hydroxylation sites is 2. The maximum absolute atomic E-state index is 9.53. The second kappa shape index (κ2) is 23.1. The van der Waals surface area contributed by atoms with Gasteiger partial charge in [-0.25, -0.2) is 4.98 Å². The molecule has 0 amide bonds. The molecule has 17 rings (SSSR count). The van der Waals surface area contributed by atoms with Crippen molar-refractivity contribution in [2.45, 2.75) is 58.2 Å². The van der Waals surface area contributed by atoms with Gasteiger partial charge >= 0.3 is 0 Å². The molecular weight excluding hydrogens is 1340 g/mol. The zero-order valence-corrected chi connectivity index (χ0v) is 55.1. The van der Waals surface area contributed by atoms with Gasteiger partial charge in [0.15, 0.2) is 8.07 Å². The number of hydrogen-bond acceptors (Lipinski definition) is 2. The molecule has 0 fully saturated rings. The third kappa shape index (κ3) is 9.51. The minimum Gasteiger partial charge on any atom is -0.510 e. The van der Waals surface area contributed by atoms with Crippen molar-refractivity contribution in [2.75, 3.05) is 0 Å². The summed E-state index contributed by atoms with van der Waals surface area (Å²) in [5.74, 6) is 0.717. The average molecular weight is 1420 g/mol. The minimum atomic E-state index is -3.15. The van der Waals surface area contributed by atoms with Gasteiger partial charge in [-0.1, -0.05) is 263 Å². The normalized spacial score (nSPS) is 15.7. The van der Waals surface area contributed by atoms with E-state index in [1.54, 1.807) is 6.07 Å². The second-order valence-corrected chi connectivity index (χ2v) is 29.3. The second-order valence-electron chi connectivity index (χ2n) is 25.5. The van der Waals surface area contributed by atoms with Crippen molar-refractivity contribution in [3.05, 3.63) is 320 Å². The molecule has 0 unspecified atom stereocenters. The number of aromatic nitrogens is 4. The number of hydrogen-bond donors (Lipinski definition) is 0. The van der Waals surface area contributed by atoms with E-state index in [0.717, 1.165) is 83.3 Å². The van der Waals surface area contributed by atoms with Gasteiger partial charge in [-0.3, -0.25) is 4.57 Å². The molecule has 1 aliphatic carbocycles. The van der Waals surface area contributed by atoms with Crippen LogP contribution >= 0.6 is 0 Å². The van der Waals surface area contributed by atoms with Crippen LogP contribution in [0.15, 0.2) is 285 Å². The van der Waals surface area contributed by atoms with Crippen LogP contribution in [0.5, 0.6) is 11.5 Å². The van der Waals surface area contributed by atoms with Gasteiger partial charge in [0.25, 0.3) is 6.33 Å². The Balaban J connectivity index is 0.00000876. The maximum Gasteiger partial charge on any atom is 0.268 e. The predicted molar refractivity (Wildman–Crippen MR) is 384 cm³/mol. The molecule has 7 heteroatoms. The van der Waals surface area contributed by atoms with Crippen molar-refractivity contribution in [2.24, 2.45) is 0 Å². The van der Waals surface area contributed by atoms with Crippen molar-refractivity contribution in [1.82, 2.24) is 14.1 Å². The summed E-state index contributed by atoms with van der Waals surface area (Å²) in [4.78, 5) is 4.95. The van der Waals surface area contributed by atoms with Crippen molar-refractivity contribution in [3.8, 4) is 84.3 Å². The molecule has 0 N–H and O–H groups in total. The summed E-state index contributed by atoms with van der Waals surface area (Å²) >= 11 is 0. The van der Waals surface area contributed by atoms with Gasteiger partial charge in [0.2, 0.25) is 0 Å². The molecule has 0 radical (unpaired) electrons. The Morgan fingerprint density at radius 1 is 0.489 bits per heavy atom. The van der Waals surface area contributed by atoms with E-state index in [4.69, 9.17) is 24.8 Å². The number of benzene rings is 12. The van der Waals surface area contributed by atoms with E-state index in [-0.39, 0.29) is 77.8 Å². The fourth-order valence-corrected chi connectivity index (χ4v) is 19.5. The number of rotatable bonds is 10. The van der Waals surface area contributed by atoms with Gasteiger partial charge in [-0.05, 0) is 147 Å². The van der Waals surface area contributed by atoms with Crippen LogP contribution in [-0.4, -0.2) is 22.2 Å². The molecule has 0 saturated carbocycles. The number of pyridine rings is 1. The Kier molecular flexibility index (Phi) is 11.3. The van der Waals surface area contributed by atoms with E-state index in [1.807, 2.05) is 92.6 Å². The van der Waals surface area contributed by atoms with Crippen molar-refractivity contribution in [3.63, 3.8) is 0 Å². The van der Waals surface area contributed by atoms with Crippen molar-refractivity contribution < 1.29 is 48.2 Å². The molecule has 1 aliphatic heterocycles. The van der Waals surface area contributed by atoms with Crippen molar-refractivity contribution in [1.29, 1.82) is 0 Å². The number of imidazole rings is 1. The third-order valence-corrected chi connectivity index (χ3v) is 24.1. The van der Waals surface area contributed by atoms with Crippen LogP contribution in [-0.2, 0) is 31.9 Å². The van der Waals surface area contributed by atoms with Crippen LogP contribution in [0.4, 0.5) is 0 Å². The minimum absolute atomic E-state index is 0. The Morgan fingerprint density at radius 2 is 1.04 bits per heavy atom. The van der Waals surface area contributed by atoms with E-state index in [2.05, 4.69) is 174 Å². The Hall–Kier alpha value is -10.2. The van der Waals surface area contributed by atoms with Gasteiger partial charge in [0.05, 0.1) is 30.4 Å². The Labute approximate surface area is 583 Å². The quantitative estimate of drug-likeness (QED) is 0.0592. The van der Waals surface area contributed by atoms with Gasteiger partial charge < -0.3 is 13.9 Å². The molecule has 0 spiro atoms. The largest absolute Gasteiger partial charge is 0.510 e. The summed E-state index contributed by atoms with van der Waals surface area (Å²) in [5, 5.41) is 6.06. The van der Waals surface area contributed by atoms with Crippen LogP contribution < -0.4 is 30.1 Å². The van der Waals surface area contributed by atoms with E-state index < -0.39 is 63.3 Å². The smallest absolute Gasteiger partial charge is 0.268 e. The topological polar surface area (TPSA) is 35.9 Å². The molecule has 12 aromatic carbocycles. The molecule has 15 aromatic rings.